The Hall–Kier alpha value is -3.44. The standard InChI is InChI=1S/C25H24N4O/c30-25(22-11-9-21(10-12-22)20-6-2-1-3-7-20)28-16-14-27(15-17-28)18-23-19-29-13-5-4-8-24(29)26-23/h1-13,19H,14-18H2. The lowest BCUT2D eigenvalue weighted by molar-refractivity contribution is 0.0627. The molecule has 3 heterocycles. The second-order valence-corrected chi connectivity index (χ2v) is 7.71. The van der Waals surface area contributed by atoms with E-state index >= 15 is 0 Å². The number of nitrogens with zero attached hydrogens (tertiary/aromatic N) is 4. The maximum atomic E-state index is 12.9. The Morgan fingerprint density at radius 1 is 0.800 bits per heavy atom. The van der Waals surface area contributed by atoms with Gasteiger partial charge in [-0.3, -0.25) is 9.69 Å². The summed E-state index contributed by atoms with van der Waals surface area (Å²) < 4.78 is 2.05. The molecule has 30 heavy (non-hydrogen) atoms. The van der Waals surface area contributed by atoms with Crippen LogP contribution in [0, 0.1) is 0 Å². The van der Waals surface area contributed by atoms with E-state index < -0.39 is 0 Å². The van der Waals surface area contributed by atoms with Crippen molar-refractivity contribution < 1.29 is 4.79 Å². The maximum absolute atomic E-state index is 12.9. The zero-order chi connectivity index (χ0) is 20.3. The van der Waals surface area contributed by atoms with Gasteiger partial charge < -0.3 is 9.30 Å². The van der Waals surface area contributed by atoms with Crippen LogP contribution >= 0.6 is 0 Å². The average molecular weight is 396 g/mol. The van der Waals surface area contributed by atoms with Crippen LogP contribution < -0.4 is 0 Å². The highest BCUT2D eigenvalue weighted by molar-refractivity contribution is 5.94. The Bertz CT molecular complexity index is 1110. The maximum Gasteiger partial charge on any atom is 0.253 e. The molecule has 0 radical (unpaired) electrons. The second-order valence-electron chi connectivity index (χ2n) is 7.71. The molecule has 0 aliphatic carbocycles. The highest BCUT2D eigenvalue weighted by atomic mass is 16.2. The van der Waals surface area contributed by atoms with Crippen LogP contribution in [0.3, 0.4) is 0 Å². The summed E-state index contributed by atoms with van der Waals surface area (Å²) in [6, 6.07) is 24.2. The van der Waals surface area contributed by atoms with Gasteiger partial charge in [0.15, 0.2) is 0 Å². The summed E-state index contributed by atoms with van der Waals surface area (Å²) in [5, 5.41) is 0. The van der Waals surface area contributed by atoms with Gasteiger partial charge >= 0.3 is 0 Å². The molecule has 1 aliphatic rings. The summed E-state index contributed by atoms with van der Waals surface area (Å²) in [6.07, 6.45) is 4.10. The van der Waals surface area contributed by atoms with Crippen LogP contribution in [0.5, 0.6) is 0 Å². The Morgan fingerprint density at radius 2 is 1.50 bits per heavy atom. The molecule has 1 fully saturated rings. The molecule has 5 rings (SSSR count). The lowest BCUT2D eigenvalue weighted by Gasteiger charge is -2.34. The minimum absolute atomic E-state index is 0.113. The van der Waals surface area contributed by atoms with Gasteiger partial charge in [-0.1, -0.05) is 48.5 Å². The molecule has 0 bridgehead atoms. The molecule has 0 atom stereocenters. The number of carbonyl (C=O) groups is 1. The first-order valence-corrected chi connectivity index (χ1v) is 10.4. The number of aromatic nitrogens is 2. The number of benzene rings is 2. The van der Waals surface area contributed by atoms with E-state index in [2.05, 4.69) is 28.2 Å². The van der Waals surface area contributed by atoms with Crippen molar-refractivity contribution in [2.24, 2.45) is 0 Å². The molecule has 2 aromatic heterocycles. The Balaban J connectivity index is 1.19. The van der Waals surface area contributed by atoms with Crippen molar-refractivity contribution >= 4 is 11.6 Å². The SMILES string of the molecule is O=C(c1ccc(-c2ccccc2)cc1)N1CCN(Cc2cn3ccccc3n2)CC1. The monoisotopic (exact) mass is 396 g/mol. The number of imidazole rings is 1. The highest BCUT2D eigenvalue weighted by Gasteiger charge is 2.22. The van der Waals surface area contributed by atoms with Gasteiger partial charge in [-0.15, -0.1) is 0 Å². The van der Waals surface area contributed by atoms with Crippen LogP contribution in [0.15, 0.2) is 85.2 Å². The Kier molecular flexibility index (Phi) is 5.03. The summed E-state index contributed by atoms with van der Waals surface area (Å²) in [4.78, 5) is 21.9. The quantitative estimate of drug-likeness (QED) is 0.524. The molecular weight excluding hydrogens is 372 g/mol. The zero-order valence-electron chi connectivity index (χ0n) is 16.8. The van der Waals surface area contributed by atoms with E-state index in [4.69, 9.17) is 0 Å². The van der Waals surface area contributed by atoms with Crippen LogP contribution in [0.1, 0.15) is 16.1 Å². The average Bonchev–Trinajstić information content (AvgIpc) is 3.22. The van der Waals surface area contributed by atoms with E-state index in [1.807, 2.05) is 76.2 Å². The number of hydrogen-bond donors (Lipinski definition) is 0. The molecule has 0 unspecified atom stereocenters. The summed E-state index contributed by atoms with van der Waals surface area (Å²) in [5.74, 6) is 0.113. The van der Waals surface area contributed by atoms with E-state index in [-0.39, 0.29) is 5.91 Å². The fourth-order valence-electron chi connectivity index (χ4n) is 4.02. The molecule has 0 saturated carbocycles. The summed E-state index contributed by atoms with van der Waals surface area (Å²) >= 11 is 0. The fourth-order valence-corrected chi connectivity index (χ4v) is 4.02. The van der Waals surface area contributed by atoms with Crippen LogP contribution in [0.25, 0.3) is 16.8 Å². The first kappa shape index (κ1) is 18.6. The van der Waals surface area contributed by atoms with E-state index in [0.717, 1.165) is 60.8 Å². The number of piperazine rings is 1. The van der Waals surface area contributed by atoms with Crippen LogP contribution in [-0.4, -0.2) is 51.3 Å². The van der Waals surface area contributed by atoms with Crippen molar-refractivity contribution in [3.63, 3.8) is 0 Å². The lowest BCUT2D eigenvalue weighted by atomic mass is 10.0. The third kappa shape index (κ3) is 3.84. The fraction of sp³-hybridized carbons (Fsp3) is 0.200. The topological polar surface area (TPSA) is 40.9 Å². The van der Waals surface area contributed by atoms with Crippen molar-refractivity contribution in [3.8, 4) is 11.1 Å². The van der Waals surface area contributed by atoms with Gasteiger partial charge in [0, 0.05) is 50.7 Å². The van der Waals surface area contributed by atoms with Crippen molar-refractivity contribution in [3.05, 3.63) is 96.4 Å². The van der Waals surface area contributed by atoms with Crippen LogP contribution in [-0.2, 0) is 6.54 Å². The van der Waals surface area contributed by atoms with E-state index in [1.165, 1.54) is 0 Å². The minimum Gasteiger partial charge on any atom is -0.336 e. The van der Waals surface area contributed by atoms with Crippen molar-refractivity contribution in [2.75, 3.05) is 26.2 Å². The molecule has 5 nitrogen and oxygen atoms in total. The van der Waals surface area contributed by atoms with Gasteiger partial charge in [0.25, 0.3) is 5.91 Å². The molecule has 4 aromatic rings. The van der Waals surface area contributed by atoms with Gasteiger partial charge in [-0.05, 0) is 35.4 Å². The van der Waals surface area contributed by atoms with Gasteiger partial charge in [0.05, 0.1) is 5.69 Å². The van der Waals surface area contributed by atoms with Crippen molar-refractivity contribution in [2.45, 2.75) is 6.54 Å². The van der Waals surface area contributed by atoms with Gasteiger partial charge in [-0.25, -0.2) is 4.98 Å². The van der Waals surface area contributed by atoms with E-state index in [9.17, 15) is 4.79 Å². The predicted molar refractivity (Wildman–Crippen MR) is 118 cm³/mol. The van der Waals surface area contributed by atoms with Crippen LogP contribution in [0.2, 0.25) is 0 Å². The Labute approximate surface area is 176 Å². The smallest absolute Gasteiger partial charge is 0.253 e. The van der Waals surface area contributed by atoms with E-state index in [1.54, 1.807) is 0 Å². The molecule has 2 aromatic carbocycles. The number of amides is 1. The van der Waals surface area contributed by atoms with Crippen LogP contribution in [0.4, 0.5) is 0 Å². The molecule has 0 spiro atoms. The molecule has 1 amide bonds. The number of hydrogen-bond acceptors (Lipinski definition) is 3. The first-order chi connectivity index (χ1) is 14.8. The Morgan fingerprint density at radius 3 is 2.23 bits per heavy atom. The largest absolute Gasteiger partial charge is 0.336 e. The summed E-state index contributed by atoms with van der Waals surface area (Å²) in [5.41, 5.74) is 5.09. The van der Waals surface area contributed by atoms with Gasteiger partial charge in [-0.2, -0.15) is 0 Å². The molecule has 150 valence electrons. The number of carbonyl (C=O) groups excluding carboxylic acids is 1. The number of rotatable bonds is 4. The minimum atomic E-state index is 0.113. The normalized spacial score (nSPS) is 14.9. The summed E-state index contributed by atoms with van der Waals surface area (Å²) in [6.45, 7) is 4.03. The van der Waals surface area contributed by atoms with Gasteiger partial charge in [0.1, 0.15) is 5.65 Å². The third-order valence-corrected chi connectivity index (χ3v) is 5.70. The molecule has 1 saturated heterocycles. The van der Waals surface area contributed by atoms with Gasteiger partial charge in [0.2, 0.25) is 0 Å². The highest BCUT2D eigenvalue weighted by Crippen LogP contribution is 2.20. The predicted octanol–water partition coefficient (Wildman–Crippen LogP) is 3.96. The summed E-state index contributed by atoms with van der Waals surface area (Å²) in [7, 11) is 0. The van der Waals surface area contributed by atoms with Crippen molar-refractivity contribution in [1.82, 2.24) is 19.2 Å². The molecule has 1 aliphatic heterocycles. The van der Waals surface area contributed by atoms with E-state index in [0.29, 0.717) is 0 Å². The first-order valence-electron chi connectivity index (χ1n) is 10.4. The molecule has 0 N–H and O–H groups in total. The lowest BCUT2D eigenvalue weighted by Crippen LogP contribution is -2.48. The zero-order valence-corrected chi connectivity index (χ0v) is 16.8. The van der Waals surface area contributed by atoms with Crippen molar-refractivity contribution in [1.29, 1.82) is 0 Å². The molecule has 5 heteroatoms. The molecular formula is C25H24N4O. The number of fused-ring (bicyclic) bond motifs is 1. The number of pyridine rings is 1. The third-order valence-electron chi connectivity index (χ3n) is 5.70. The second kappa shape index (κ2) is 8.13.